The molecule has 142 valence electrons. The van der Waals surface area contributed by atoms with Crippen LogP contribution in [0.15, 0.2) is 67.1 Å². The zero-order chi connectivity index (χ0) is 19.3. The van der Waals surface area contributed by atoms with E-state index in [1.807, 2.05) is 6.92 Å². The summed E-state index contributed by atoms with van der Waals surface area (Å²) in [5.41, 5.74) is 6.15. The second-order valence-electron chi connectivity index (χ2n) is 7.52. The molecule has 0 radical (unpaired) electrons. The molecule has 1 heterocycles. The van der Waals surface area contributed by atoms with Crippen LogP contribution >= 0.6 is 0 Å². The van der Waals surface area contributed by atoms with Crippen molar-refractivity contribution in [1.29, 1.82) is 0 Å². The van der Waals surface area contributed by atoms with E-state index in [9.17, 15) is 4.79 Å². The Balaban J connectivity index is 1.53. The van der Waals surface area contributed by atoms with Crippen molar-refractivity contribution in [2.75, 3.05) is 0 Å². The van der Waals surface area contributed by atoms with Crippen LogP contribution in [0.3, 0.4) is 0 Å². The lowest BCUT2D eigenvalue weighted by atomic mass is 9.85. The Bertz CT molecular complexity index is 907. The number of hydrogen-bond acceptors (Lipinski definition) is 3. The Morgan fingerprint density at radius 3 is 2.29 bits per heavy atom. The average Bonchev–Trinajstić information content (AvgIpc) is 2.86. The van der Waals surface area contributed by atoms with Gasteiger partial charge < -0.3 is 5.32 Å². The third kappa shape index (κ3) is 4.11. The summed E-state index contributed by atoms with van der Waals surface area (Å²) in [6.07, 6.45) is 8.27. The number of amides is 1. The minimum atomic E-state index is 0.0143. The van der Waals surface area contributed by atoms with Crippen LogP contribution in [0.25, 0.3) is 0 Å². The van der Waals surface area contributed by atoms with Crippen molar-refractivity contribution in [2.24, 2.45) is 0 Å². The zero-order valence-corrected chi connectivity index (χ0v) is 16.1. The van der Waals surface area contributed by atoms with Crippen molar-refractivity contribution in [3.05, 3.63) is 95.1 Å². The first-order valence-corrected chi connectivity index (χ1v) is 9.90. The number of carbonyl (C=O) groups excluding carboxylic acids is 1. The molecule has 0 saturated heterocycles. The molecule has 0 fully saturated rings. The lowest BCUT2D eigenvalue weighted by molar-refractivity contribution is -0.121. The second kappa shape index (κ2) is 8.34. The minimum absolute atomic E-state index is 0.0143. The molecule has 0 bridgehead atoms. The van der Waals surface area contributed by atoms with Gasteiger partial charge >= 0.3 is 0 Å². The molecule has 4 rings (SSSR count). The number of rotatable bonds is 5. The fourth-order valence-electron chi connectivity index (χ4n) is 4.18. The van der Waals surface area contributed by atoms with Gasteiger partial charge in [0.25, 0.3) is 0 Å². The molecule has 0 unspecified atom stereocenters. The predicted molar refractivity (Wildman–Crippen MR) is 110 cm³/mol. The molecular formula is C24H25N3O. The lowest BCUT2D eigenvalue weighted by Gasteiger charge is -2.21. The molecule has 1 aliphatic rings. The van der Waals surface area contributed by atoms with E-state index in [-0.39, 0.29) is 17.9 Å². The first-order valence-electron chi connectivity index (χ1n) is 9.90. The molecule has 0 saturated carbocycles. The highest BCUT2D eigenvalue weighted by atomic mass is 16.1. The van der Waals surface area contributed by atoms with Gasteiger partial charge in [-0.2, -0.15) is 0 Å². The van der Waals surface area contributed by atoms with Gasteiger partial charge in [-0.15, -0.1) is 0 Å². The number of hydrogen-bond donors (Lipinski definition) is 1. The van der Waals surface area contributed by atoms with Crippen molar-refractivity contribution in [1.82, 2.24) is 15.3 Å². The molecule has 4 heteroatoms. The maximum atomic E-state index is 12.9. The quantitative estimate of drug-likeness (QED) is 0.741. The zero-order valence-electron chi connectivity index (χ0n) is 16.1. The van der Waals surface area contributed by atoms with Gasteiger partial charge in [-0.25, -0.2) is 0 Å². The molecule has 2 aromatic carbocycles. The summed E-state index contributed by atoms with van der Waals surface area (Å²) in [7, 11) is 0. The van der Waals surface area contributed by atoms with Crippen molar-refractivity contribution >= 4 is 5.91 Å². The summed E-state index contributed by atoms with van der Waals surface area (Å²) in [6.45, 7) is 2.02. The summed E-state index contributed by atoms with van der Waals surface area (Å²) in [4.78, 5) is 21.3. The van der Waals surface area contributed by atoms with Gasteiger partial charge in [0.1, 0.15) is 0 Å². The van der Waals surface area contributed by atoms with Gasteiger partial charge in [-0.05, 0) is 42.0 Å². The third-order valence-electron chi connectivity index (χ3n) is 5.45. The Labute approximate surface area is 166 Å². The number of nitrogens with one attached hydrogen (secondary N) is 1. The summed E-state index contributed by atoms with van der Waals surface area (Å²) in [6, 6.07) is 17.1. The number of nitrogens with zero attached hydrogens (tertiary/aromatic N) is 2. The fourth-order valence-corrected chi connectivity index (χ4v) is 4.18. The molecule has 1 aliphatic carbocycles. The van der Waals surface area contributed by atoms with Crippen LogP contribution < -0.4 is 5.32 Å². The highest BCUT2D eigenvalue weighted by Crippen LogP contribution is 2.36. The van der Waals surface area contributed by atoms with Gasteiger partial charge in [0.05, 0.1) is 5.69 Å². The fraction of sp³-hybridized carbons (Fsp3) is 0.292. The van der Waals surface area contributed by atoms with Crippen LogP contribution in [-0.4, -0.2) is 21.9 Å². The molecule has 1 aromatic heterocycles. The first kappa shape index (κ1) is 18.4. The Morgan fingerprint density at radius 1 is 1.04 bits per heavy atom. The van der Waals surface area contributed by atoms with Crippen LogP contribution in [0.2, 0.25) is 0 Å². The van der Waals surface area contributed by atoms with Crippen molar-refractivity contribution < 1.29 is 4.79 Å². The molecular weight excluding hydrogens is 346 g/mol. The molecule has 3 aromatic rings. The van der Waals surface area contributed by atoms with Gasteiger partial charge in [-0.3, -0.25) is 14.8 Å². The molecule has 1 amide bonds. The Kier molecular flexibility index (Phi) is 5.47. The van der Waals surface area contributed by atoms with Crippen molar-refractivity contribution in [3.8, 4) is 0 Å². The molecule has 1 N–H and O–H groups in total. The number of fused-ring (bicyclic) bond motifs is 2. The number of benzene rings is 2. The largest absolute Gasteiger partial charge is 0.353 e. The summed E-state index contributed by atoms with van der Waals surface area (Å²) in [5.74, 6) is 0.173. The number of aryl methyl sites for hydroxylation is 2. The Morgan fingerprint density at radius 2 is 1.68 bits per heavy atom. The van der Waals surface area contributed by atoms with Gasteiger partial charge in [0.2, 0.25) is 5.91 Å². The van der Waals surface area contributed by atoms with Crippen LogP contribution in [0, 0.1) is 0 Å². The van der Waals surface area contributed by atoms with E-state index in [0.717, 1.165) is 18.5 Å². The highest BCUT2D eigenvalue weighted by molar-refractivity contribution is 5.78. The van der Waals surface area contributed by atoms with Crippen LogP contribution in [0.4, 0.5) is 0 Å². The maximum absolute atomic E-state index is 12.9. The summed E-state index contributed by atoms with van der Waals surface area (Å²) < 4.78 is 0. The molecule has 28 heavy (non-hydrogen) atoms. The minimum Gasteiger partial charge on any atom is -0.353 e. The van der Waals surface area contributed by atoms with E-state index in [1.165, 1.54) is 22.3 Å². The third-order valence-corrected chi connectivity index (χ3v) is 5.45. The standard InChI is InChI=1S/C24H25N3O/c1-17(14-20-16-25-12-13-26-20)27-24(28)15-23-21-8-4-2-6-18(21)10-11-19-7-3-5-9-22(19)23/h2-9,12-13,16-17,23H,10-11,14-15H2,1H3,(H,27,28)/t17-/m0/s1. The second-order valence-corrected chi connectivity index (χ2v) is 7.52. The van der Waals surface area contributed by atoms with E-state index in [1.54, 1.807) is 18.6 Å². The predicted octanol–water partition coefficient (Wildman–Crippen LogP) is 3.84. The summed E-state index contributed by atoms with van der Waals surface area (Å²) >= 11 is 0. The molecule has 0 aliphatic heterocycles. The SMILES string of the molecule is C[C@@H](Cc1cnccn1)NC(=O)CC1c2ccccc2CCc2ccccc21. The normalized spacial score (nSPS) is 14.5. The van der Waals surface area contributed by atoms with Crippen LogP contribution in [0.5, 0.6) is 0 Å². The average molecular weight is 371 g/mol. The van der Waals surface area contributed by atoms with Gasteiger partial charge in [-0.1, -0.05) is 48.5 Å². The van der Waals surface area contributed by atoms with Gasteiger partial charge in [0, 0.05) is 43.4 Å². The first-order chi connectivity index (χ1) is 13.7. The number of carbonyl (C=O) groups is 1. The van der Waals surface area contributed by atoms with E-state index in [2.05, 4.69) is 63.8 Å². The molecule has 0 spiro atoms. The lowest BCUT2D eigenvalue weighted by Crippen LogP contribution is -2.35. The number of aromatic nitrogens is 2. The smallest absolute Gasteiger partial charge is 0.221 e. The van der Waals surface area contributed by atoms with E-state index < -0.39 is 0 Å². The monoisotopic (exact) mass is 371 g/mol. The van der Waals surface area contributed by atoms with Gasteiger partial charge in [0.15, 0.2) is 0 Å². The van der Waals surface area contributed by atoms with Crippen LogP contribution in [-0.2, 0) is 24.1 Å². The van der Waals surface area contributed by atoms with Crippen molar-refractivity contribution in [2.45, 2.75) is 44.6 Å². The van der Waals surface area contributed by atoms with Crippen LogP contribution in [0.1, 0.15) is 47.2 Å². The van der Waals surface area contributed by atoms with Crippen molar-refractivity contribution in [3.63, 3.8) is 0 Å². The van der Waals surface area contributed by atoms with E-state index >= 15 is 0 Å². The maximum Gasteiger partial charge on any atom is 0.221 e. The molecule has 4 nitrogen and oxygen atoms in total. The molecule has 1 atom stereocenters. The summed E-state index contributed by atoms with van der Waals surface area (Å²) in [5, 5.41) is 3.15. The topological polar surface area (TPSA) is 54.9 Å². The van der Waals surface area contributed by atoms with E-state index in [4.69, 9.17) is 0 Å². The Hall–Kier alpha value is -3.01. The van der Waals surface area contributed by atoms with E-state index in [0.29, 0.717) is 12.8 Å². The highest BCUT2D eigenvalue weighted by Gasteiger charge is 2.25.